The molecule has 0 saturated carbocycles. The first kappa shape index (κ1) is 16.3. The van der Waals surface area contributed by atoms with Gasteiger partial charge >= 0.3 is 0 Å². The van der Waals surface area contributed by atoms with Crippen molar-refractivity contribution in [3.05, 3.63) is 47.0 Å². The highest BCUT2D eigenvalue weighted by atomic mass is 16.2. The maximum absolute atomic E-state index is 12.9. The lowest BCUT2D eigenvalue weighted by Crippen LogP contribution is -2.51. The molecule has 1 N–H and O–H groups in total. The summed E-state index contributed by atoms with van der Waals surface area (Å²) >= 11 is 0. The van der Waals surface area contributed by atoms with E-state index in [0.717, 1.165) is 50.5 Å². The van der Waals surface area contributed by atoms with Crippen LogP contribution in [0.3, 0.4) is 0 Å². The lowest BCUT2D eigenvalue weighted by molar-refractivity contribution is -0.134. The molecule has 0 bridgehead atoms. The van der Waals surface area contributed by atoms with Crippen molar-refractivity contribution in [3.63, 3.8) is 0 Å². The zero-order valence-corrected chi connectivity index (χ0v) is 14.9. The minimum atomic E-state index is -0.179. The number of nitrogens with zero attached hydrogens (tertiary/aromatic N) is 4. The van der Waals surface area contributed by atoms with E-state index in [1.165, 1.54) is 11.1 Å². The Balaban J connectivity index is 1.37. The summed E-state index contributed by atoms with van der Waals surface area (Å²) in [7, 11) is 0. The Labute approximate surface area is 148 Å². The molecule has 2 aliphatic heterocycles. The van der Waals surface area contributed by atoms with E-state index in [2.05, 4.69) is 33.6 Å². The van der Waals surface area contributed by atoms with Crippen molar-refractivity contribution in [2.24, 2.45) is 0 Å². The van der Waals surface area contributed by atoms with Gasteiger partial charge in [0.25, 0.3) is 0 Å². The third-order valence-electron chi connectivity index (χ3n) is 5.26. The molecule has 132 valence electrons. The summed E-state index contributed by atoms with van der Waals surface area (Å²) in [5.41, 5.74) is 2.64. The van der Waals surface area contributed by atoms with Crippen LogP contribution in [0.15, 0.2) is 24.3 Å². The number of aryl methyl sites for hydroxylation is 2. The van der Waals surface area contributed by atoms with Crippen LogP contribution < -0.4 is 5.32 Å². The topological polar surface area (TPSA) is 63.1 Å². The number of amides is 1. The second kappa shape index (κ2) is 6.59. The van der Waals surface area contributed by atoms with Crippen LogP contribution in [0.25, 0.3) is 0 Å². The first-order valence-corrected chi connectivity index (χ1v) is 9.12. The maximum atomic E-state index is 12.9. The van der Waals surface area contributed by atoms with Gasteiger partial charge in [-0.05, 0) is 37.8 Å². The first-order chi connectivity index (χ1) is 12.1. The number of rotatable bonds is 3. The van der Waals surface area contributed by atoms with Crippen LogP contribution in [0.2, 0.25) is 0 Å². The minimum Gasteiger partial charge on any atom is -0.337 e. The van der Waals surface area contributed by atoms with Gasteiger partial charge in [-0.25, -0.2) is 9.67 Å². The van der Waals surface area contributed by atoms with Crippen molar-refractivity contribution in [1.29, 1.82) is 0 Å². The Bertz CT molecular complexity index is 784. The predicted octanol–water partition coefficient (Wildman–Crippen LogP) is 1.46. The molecule has 6 heteroatoms. The SMILES string of the molecule is Cc1nc2n(n1)CC(NC(C)C(=O)N1CCc3ccccc3C1)CC2. The fourth-order valence-corrected chi connectivity index (χ4v) is 3.95. The number of carbonyl (C=O) groups is 1. The second-order valence-corrected chi connectivity index (χ2v) is 7.16. The summed E-state index contributed by atoms with van der Waals surface area (Å²) in [5.74, 6) is 2.07. The highest BCUT2D eigenvalue weighted by Gasteiger charge is 2.28. The van der Waals surface area contributed by atoms with Crippen LogP contribution in [0.5, 0.6) is 0 Å². The molecule has 4 rings (SSSR count). The number of hydrogen-bond donors (Lipinski definition) is 1. The van der Waals surface area contributed by atoms with E-state index >= 15 is 0 Å². The number of carbonyl (C=O) groups excluding carboxylic acids is 1. The fourth-order valence-electron chi connectivity index (χ4n) is 3.95. The second-order valence-electron chi connectivity index (χ2n) is 7.16. The highest BCUT2D eigenvalue weighted by molar-refractivity contribution is 5.81. The minimum absolute atomic E-state index is 0.179. The number of aromatic nitrogens is 3. The molecule has 1 aromatic carbocycles. The van der Waals surface area contributed by atoms with E-state index < -0.39 is 0 Å². The smallest absolute Gasteiger partial charge is 0.239 e. The number of benzene rings is 1. The van der Waals surface area contributed by atoms with Gasteiger partial charge in [-0.3, -0.25) is 4.79 Å². The molecule has 3 heterocycles. The van der Waals surface area contributed by atoms with Crippen LogP contribution in [0.4, 0.5) is 0 Å². The van der Waals surface area contributed by atoms with Crippen molar-refractivity contribution < 1.29 is 4.79 Å². The average molecular weight is 339 g/mol. The molecular weight excluding hydrogens is 314 g/mol. The van der Waals surface area contributed by atoms with Gasteiger partial charge < -0.3 is 10.2 Å². The van der Waals surface area contributed by atoms with Crippen molar-refractivity contribution in [1.82, 2.24) is 25.0 Å². The number of hydrogen-bond acceptors (Lipinski definition) is 4. The Morgan fingerprint density at radius 1 is 1.28 bits per heavy atom. The molecule has 25 heavy (non-hydrogen) atoms. The Kier molecular flexibility index (Phi) is 4.29. The van der Waals surface area contributed by atoms with Crippen molar-refractivity contribution in [2.45, 2.75) is 58.3 Å². The lowest BCUT2D eigenvalue weighted by atomic mass is 9.99. The molecular formula is C19H25N5O. The molecule has 0 aliphatic carbocycles. The largest absolute Gasteiger partial charge is 0.337 e. The van der Waals surface area contributed by atoms with Gasteiger partial charge in [-0.2, -0.15) is 5.10 Å². The molecule has 0 radical (unpaired) electrons. The molecule has 0 fully saturated rings. The van der Waals surface area contributed by atoms with Crippen LogP contribution in [-0.2, 0) is 30.7 Å². The highest BCUT2D eigenvalue weighted by Crippen LogP contribution is 2.19. The molecule has 1 aromatic heterocycles. The van der Waals surface area contributed by atoms with Crippen LogP contribution in [0, 0.1) is 6.92 Å². The third kappa shape index (κ3) is 3.31. The molecule has 2 aromatic rings. The summed E-state index contributed by atoms with van der Waals surface area (Å²) in [6.45, 7) is 6.22. The van der Waals surface area contributed by atoms with Crippen molar-refractivity contribution in [2.75, 3.05) is 6.54 Å². The molecule has 6 nitrogen and oxygen atoms in total. The van der Waals surface area contributed by atoms with Gasteiger partial charge in [0, 0.05) is 25.6 Å². The van der Waals surface area contributed by atoms with Crippen LogP contribution >= 0.6 is 0 Å². The monoisotopic (exact) mass is 339 g/mol. The Hall–Kier alpha value is -2.21. The predicted molar refractivity (Wildman–Crippen MR) is 95.0 cm³/mol. The van der Waals surface area contributed by atoms with Crippen molar-refractivity contribution >= 4 is 5.91 Å². The summed E-state index contributed by atoms with van der Waals surface area (Å²) in [5, 5.41) is 7.95. The number of nitrogens with one attached hydrogen (secondary N) is 1. The van der Waals surface area contributed by atoms with Gasteiger partial charge in [0.05, 0.1) is 12.6 Å². The summed E-state index contributed by atoms with van der Waals surface area (Å²) in [6, 6.07) is 8.50. The zero-order chi connectivity index (χ0) is 17.4. The van der Waals surface area contributed by atoms with E-state index in [1.54, 1.807) is 0 Å². The van der Waals surface area contributed by atoms with E-state index in [4.69, 9.17) is 0 Å². The molecule has 0 spiro atoms. The van der Waals surface area contributed by atoms with Gasteiger partial charge in [0.15, 0.2) is 0 Å². The molecule has 2 unspecified atom stereocenters. The van der Waals surface area contributed by atoms with E-state index in [0.29, 0.717) is 0 Å². The average Bonchev–Trinajstić information content (AvgIpc) is 3.00. The summed E-state index contributed by atoms with van der Waals surface area (Å²) < 4.78 is 1.98. The van der Waals surface area contributed by atoms with Crippen LogP contribution in [-0.4, -0.2) is 44.2 Å². The van der Waals surface area contributed by atoms with Crippen LogP contribution in [0.1, 0.15) is 36.1 Å². The lowest BCUT2D eigenvalue weighted by Gasteiger charge is -2.33. The zero-order valence-electron chi connectivity index (χ0n) is 14.9. The molecule has 2 aliphatic rings. The molecule has 2 atom stereocenters. The standard InChI is InChI=1S/C19H25N5O/c1-13(20-17-7-8-18-21-14(2)22-24(18)12-17)19(25)23-10-9-15-5-3-4-6-16(15)11-23/h3-6,13,17,20H,7-12H2,1-2H3. The van der Waals surface area contributed by atoms with Gasteiger partial charge in [0.1, 0.15) is 11.6 Å². The summed E-state index contributed by atoms with van der Waals surface area (Å²) in [6.07, 6.45) is 2.86. The fraction of sp³-hybridized carbons (Fsp3) is 0.526. The number of fused-ring (bicyclic) bond motifs is 2. The summed E-state index contributed by atoms with van der Waals surface area (Å²) in [4.78, 5) is 19.3. The third-order valence-corrected chi connectivity index (χ3v) is 5.26. The first-order valence-electron chi connectivity index (χ1n) is 9.12. The Morgan fingerprint density at radius 3 is 2.92 bits per heavy atom. The Morgan fingerprint density at radius 2 is 2.08 bits per heavy atom. The maximum Gasteiger partial charge on any atom is 0.239 e. The van der Waals surface area contributed by atoms with Gasteiger partial charge in [-0.1, -0.05) is 24.3 Å². The van der Waals surface area contributed by atoms with Gasteiger partial charge in [-0.15, -0.1) is 0 Å². The van der Waals surface area contributed by atoms with E-state index in [-0.39, 0.29) is 18.0 Å². The molecule has 0 saturated heterocycles. The van der Waals surface area contributed by atoms with Crippen molar-refractivity contribution in [3.8, 4) is 0 Å². The van der Waals surface area contributed by atoms with Gasteiger partial charge in [0.2, 0.25) is 5.91 Å². The normalized spacial score (nSPS) is 20.7. The van der Waals surface area contributed by atoms with E-state index in [1.807, 2.05) is 29.5 Å². The molecule has 1 amide bonds. The van der Waals surface area contributed by atoms with E-state index in [9.17, 15) is 4.79 Å². The quantitative estimate of drug-likeness (QED) is 0.920.